The molecule has 0 spiro atoms. The lowest BCUT2D eigenvalue weighted by Crippen LogP contribution is -2.44. The summed E-state index contributed by atoms with van der Waals surface area (Å²) >= 11 is 5.81. The topological polar surface area (TPSA) is 24.9 Å². The van der Waals surface area contributed by atoms with E-state index in [1.165, 1.54) is 0 Å². The van der Waals surface area contributed by atoms with Crippen LogP contribution in [0.4, 0.5) is 4.39 Å². The lowest BCUT2D eigenvalue weighted by molar-refractivity contribution is 0.145. The zero-order chi connectivity index (χ0) is 19.2. The fourth-order valence-electron chi connectivity index (χ4n) is 3.45. The second-order valence-corrected chi connectivity index (χ2v) is 7.59. The number of likely N-dealkylation sites (N-methyl/N-ethyl adjacent to an activating group) is 1. The maximum absolute atomic E-state index is 13.8. The Hall–Kier alpha value is -1.56. The second kappa shape index (κ2) is 9.58. The highest BCUT2D eigenvalue weighted by Crippen LogP contribution is 2.37. The molecule has 0 aromatic heterocycles. The fraction of sp³-hybridized carbons (Fsp3) is 0.524. The molecule has 27 heavy (non-hydrogen) atoms. The first-order valence-corrected chi connectivity index (χ1v) is 9.88. The van der Waals surface area contributed by atoms with Crippen molar-refractivity contribution in [2.75, 3.05) is 53.5 Å². The molecule has 0 saturated carbocycles. The lowest BCUT2D eigenvalue weighted by atomic mass is 9.91. The van der Waals surface area contributed by atoms with Crippen molar-refractivity contribution in [2.45, 2.75) is 18.8 Å². The summed E-state index contributed by atoms with van der Waals surface area (Å²) in [5, 5.41) is 0.193. The summed E-state index contributed by atoms with van der Waals surface area (Å²) in [6, 6.07) is 5.81. The molecule has 6 heteroatoms. The van der Waals surface area contributed by atoms with Gasteiger partial charge < -0.3 is 19.3 Å². The smallest absolute Gasteiger partial charge is 0.161 e. The molecule has 148 valence electrons. The molecule has 0 bridgehead atoms. The maximum atomic E-state index is 13.8. The monoisotopic (exact) mass is 394 g/mol. The van der Waals surface area contributed by atoms with Crippen LogP contribution in [0.2, 0.25) is 0 Å². The van der Waals surface area contributed by atoms with Crippen LogP contribution in [0, 0.1) is 0 Å². The van der Waals surface area contributed by atoms with Gasteiger partial charge in [0.1, 0.15) is 5.83 Å². The number of piperazine rings is 1. The third-order valence-electron chi connectivity index (χ3n) is 5.22. The zero-order valence-electron chi connectivity index (χ0n) is 16.1. The van der Waals surface area contributed by atoms with Crippen LogP contribution in [-0.4, -0.2) is 63.3 Å². The minimum atomic E-state index is -0.271. The van der Waals surface area contributed by atoms with Gasteiger partial charge in [0.15, 0.2) is 11.5 Å². The fourth-order valence-corrected chi connectivity index (χ4v) is 3.60. The third kappa shape index (κ3) is 5.47. The van der Waals surface area contributed by atoms with E-state index in [-0.39, 0.29) is 23.2 Å². The highest BCUT2D eigenvalue weighted by Gasteiger charge is 2.19. The van der Waals surface area contributed by atoms with Gasteiger partial charge in [-0.15, -0.1) is 0 Å². The number of rotatable bonds is 7. The number of methoxy groups -OCH3 is 1. The molecule has 4 nitrogen and oxygen atoms in total. The van der Waals surface area contributed by atoms with Gasteiger partial charge in [-0.2, -0.15) is 0 Å². The predicted molar refractivity (Wildman–Crippen MR) is 108 cm³/mol. The first kappa shape index (κ1) is 20.2. The molecule has 1 atom stereocenters. The van der Waals surface area contributed by atoms with Crippen LogP contribution >= 0.6 is 11.6 Å². The van der Waals surface area contributed by atoms with Crippen LogP contribution in [0.3, 0.4) is 0 Å². The Bertz CT molecular complexity index is 699. The molecule has 0 radical (unpaired) electrons. The van der Waals surface area contributed by atoms with Gasteiger partial charge in [-0.25, -0.2) is 4.39 Å². The van der Waals surface area contributed by atoms with Crippen LogP contribution in [0.1, 0.15) is 24.3 Å². The van der Waals surface area contributed by atoms with Gasteiger partial charge in [-0.05, 0) is 37.2 Å². The minimum absolute atomic E-state index is 0.0346. The van der Waals surface area contributed by atoms with Crippen molar-refractivity contribution in [1.82, 2.24) is 9.80 Å². The van der Waals surface area contributed by atoms with Crippen LogP contribution in [0.5, 0.6) is 11.5 Å². The van der Waals surface area contributed by atoms with Gasteiger partial charge in [-0.1, -0.05) is 23.7 Å². The average Bonchev–Trinajstić information content (AvgIpc) is 2.69. The van der Waals surface area contributed by atoms with E-state index in [1.54, 1.807) is 13.2 Å². The standard InChI is InChI=1S/C21H28ClFN2O2/c1-24-9-11-25(12-10-24)8-3-13-27-20-7-5-17(15-21(20)26-2)16-4-6-18(22)19(23)14-16/h4-7,15-16H,3,8-14H2,1-2H3. The molecule has 1 fully saturated rings. The van der Waals surface area contributed by atoms with Crippen molar-refractivity contribution in [3.8, 4) is 11.5 Å². The molecule has 1 aliphatic heterocycles. The Morgan fingerprint density at radius 1 is 1.19 bits per heavy atom. The highest BCUT2D eigenvalue weighted by atomic mass is 35.5. The summed E-state index contributed by atoms with van der Waals surface area (Å²) in [7, 11) is 3.79. The summed E-state index contributed by atoms with van der Waals surface area (Å²) in [4.78, 5) is 4.84. The Morgan fingerprint density at radius 3 is 2.67 bits per heavy atom. The number of nitrogens with zero attached hydrogens (tertiary/aromatic N) is 2. The first-order chi connectivity index (χ1) is 13.1. The largest absolute Gasteiger partial charge is 0.493 e. The molecule has 0 N–H and O–H groups in total. The normalized spacial score (nSPS) is 21.6. The minimum Gasteiger partial charge on any atom is -0.493 e. The molecular formula is C21H28ClFN2O2. The van der Waals surface area contributed by atoms with E-state index in [0.717, 1.165) is 50.5 Å². The van der Waals surface area contributed by atoms with Crippen LogP contribution < -0.4 is 9.47 Å². The first-order valence-electron chi connectivity index (χ1n) is 9.51. The number of allylic oxidation sites excluding steroid dienone is 4. The van der Waals surface area contributed by atoms with Gasteiger partial charge in [0, 0.05) is 45.1 Å². The number of halogens is 2. The molecule has 1 saturated heterocycles. The Labute approximate surface area is 166 Å². The molecule has 1 heterocycles. The van der Waals surface area contributed by atoms with Gasteiger partial charge >= 0.3 is 0 Å². The number of hydrogen-bond acceptors (Lipinski definition) is 4. The Morgan fingerprint density at radius 2 is 1.96 bits per heavy atom. The van der Waals surface area contributed by atoms with E-state index in [2.05, 4.69) is 16.8 Å². The summed E-state index contributed by atoms with van der Waals surface area (Å²) < 4.78 is 25.2. The number of hydrogen-bond donors (Lipinski definition) is 0. The summed E-state index contributed by atoms with van der Waals surface area (Å²) in [6.07, 6.45) is 4.81. The van der Waals surface area contributed by atoms with Crippen molar-refractivity contribution >= 4 is 11.6 Å². The van der Waals surface area contributed by atoms with Gasteiger partial charge in [-0.3, -0.25) is 0 Å². The molecule has 3 rings (SSSR count). The number of ether oxygens (including phenoxy) is 2. The second-order valence-electron chi connectivity index (χ2n) is 7.18. The molecule has 1 aliphatic carbocycles. The summed E-state index contributed by atoms with van der Waals surface area (Å²) in [5.41, 5.74) is 0.993. The molecule has 1 aromatic carbocycles. The highest BCUT2D eigenvalue weighted by molar-refractivity contribution is 6.31. The summed E-state index contributed by atoms with van der Waals surface area (Å²) in [6.45, 7) is 6.21. The van der Waals surface area contributed by atoms with E-state index in [4.69, 9.17) is 21.1 Å². The SMILES string of the molecule is COc1cc(C2C=CC(Cl)=C(F)C2)ccc1OCCCN1CCN(C)CC1. The van der Waals surface area contributed by atoms with Crippen molar-refractivity contribution in [3.63, 3.8) is 0 Å². The molecule has 0 amide bonds. The van der Waals surface area contributed by atoms with Crippen molar-refractivity contribution in [1.29, 1.82) is 0 Å². The van der Waals surface area contributed by atoms with Gasteiger partial charge in [0.25, 0.3) is 0 Å². The molecule has 2 aliphatic rings. The van der Waals surface area contributed by atoms with Crippen molar-refractivity contribution in [3.05, 3.63) is 46.8 Å². The average molecular weight is 395 g/mol. The van der Waals surface area contributed by atoms with Crippen LogP contribution in [0.15, 0.2) is 41.2 Å². The zero-order valence-corrected chi connectivity index (χ0v) is 16.8. The van der Waals surface area contributed by atoms with Crippen molar-refractivity contribution < 1.29 is 13.9 Å². The van der Waals surface area contributed by atoms with E-state index in [1.807, 2.05) is 24.3 Å². The molecule has 1 aromatic rings. The third-order valence-corrected chi connectivity index (χ3v) is 5.55. The summed E-state index contributed by atoms with van der Waals surface area (Å²) in [5.74, 6) is 1.11. The van der Waals surface area contributed by atoms with Crippen LogP contribution in [-0.2, 0) is 0 Å². The lowest BCUT2D eigenvalue weighted by Gasteiger charge is -2.32. The van der Waals surface area contributed by atoms with Crippen molar-refractivity contribution in [2.24, 2.45) is 0 Å². The van der Waals surface area contributed by atoms with E-state index >= 15 is 0 Å². The van der Waals surface area contributed by atoms with E-state index in [9.17, 15) is 4.39 Å². The Kier molecular flexibility index (Phi) is 7.16. The van der Waals surface area contributed by atoms with E-state index in [0.29, 0.717) is 12.4 Å². The van der Waals surface area contributed by atoms with Gasteiger partial charge in [0.05, 0.1) is 18.7 Å². The van der Waals surface area contributed by atoms with E-state index < -0.39 is 0 Å². The van der Waals surface area contributed by atoms with Crippen LogP contribution in [0.25, 0.3) is 0 Å². The number of benzene rings is 1. The molecule has 1 unspecified atom stereocenters. The quantitative estimate of drug-likeness (QED) is 0.648. The maximum Gasteiger partial charge on any atom is 0.161 e. The Balaban J connectivity index is 1.51. The molecular weight excluding hydrogens is 367 g/mol. The predicted octanol–water partition coefficient (Wildman–Crippen LogP) is 4.17. The van der Waals surface area contributed by atoms with Gasteiger partial charge in [0.2, 0.25) is 0 Å².